The second-order valence-electron chi connectivity index (χ2n) is 5.70. The molecule has 1 fully saturated rings. The summed E-state index contributed by atoms with van der Waals surface area (Å²) in [5.41, 5.74) is 2.36. The van der Waals surface area contributed by atoms with E-state index in [1.165, 1.54) is 17.3 Å². The average Bonchev–Trinajstić information content (AvgIpc) is 3.22. The molecular formula is C16H19N5OS. The molecule has 1 aliphatic heterocycles. The zero-order chi connectivity index (χ0) is 16.1. The van der Waals surface area contributed by atoms with Crippen LogP contribution in [0.4, 0.5) is 0 Å². The molecule has 0 bridgehead atoms. The monoisotopic (exact) mass is 329 g/mol. The van der Waals surface area contributed by atoms with Crippen LogP contribution in [0.3, 0.4) is 0 Å². The molecule has 0 saturated carbocycles. The highest BCUT2D eigenvalue weighted by molar-refractivity contribution is 8.00. The molecule has 6 nitrogen and oxygen atoms in total. The minimum Gasteiger partial charge on any atom is -0.376 e. The molecule has 1 saturated heterocycles. The fourth-order valence-corrected chi connectivity index (χ4v) is 3.46. The van der Waals surface area contributed by atoms with E-state index >= 15 is 0 Å². The predicted molar refractivity (Wildman–Crippen MR) is 86.9 cm³/mol. The number of aromatic nitrogens is 4. The SMILES string of the molecule is Cc1ccc(C[C@@H](C#N)Sc2nnnn2C[C@@H]2CCCO2)cc1. The van der Waals surface area contributed by atoms with Crippen LogP contribution in [-0.4, -0.2) is 38.2 Å². The van der Waals surface area contributed by atoms with Gasteiger partial charge < -0.3 is 4.74 Å². The number of nitrogens with zero attached hydrogens (tertiary/aromatic N) is 5. The number of tetrazole rings is 1. The van der Waals surface area contributed by atoms with Crippen molar-refractivity contribution in [3.63, 3.8) is 0 Å². The zero-order valence-electron chi connectivity index (χ0n) is 13.1. The number of rotatable bonds is 6. The van der Waals surface area contributed by atoms with E-state index in [4.69, 9.17) is 4.74 Å². The Morgan fingerprint density at radius 3 is 2.96 bits per heavy atom. The standard InChI is InChI=1S/C16H19N5OS/c1-12-4-6-13(7-5-12)9-15(10-17)23-16-18-19-20-21(16)11-14-3-2-8-22-14/h4-7,14-15H,2-3,8-9,11H2,1H3/t14-,15-/m0/s1. The molecule has 1 aromatic heterocycles. The summed E-state index contributed by atoms with van der Waals surface area (Å²) in [6.45, 7) is 3.51. The van der Waals surface area contributed by atoms with Gasteiger partial charge in [-0.1, -0.05) is 41.6 Å². The molecule has 2 aromatic rings. The van der Waals surface area contributed by atoms with Crippen LogP contribution in [0.25, 0.3) is 0 Å². The van der Waals surface area contributed by atoms with E-state index < -0.39 is 0 Å². The Kier molecular flexibility index (Phi) is 5.26. The number of hydrogen-bond acceptors (Lipinski definition) is 6. The summed E-state index contributed by atoms with van der Waals surface area (Å²) in [5, 5.41) is 21.7. The van der Waals surface area contributed by atoms with Gasteiger partial charge in [-0.15, -0.1) is 5.10 Å². The van der Waals surface area contributed by atoms with Crippen LogP contribution in [-0.2, 0) is 17.7 Å². The summed E-state index contributed by atoms with van der Waals surface area (Å²) in [5.74, 6) is 0. The summed E-state index contributed by atoms with van der Waals surface area (Å²) < 4.78 is 7.38. The van der Waals surface area contributed by atoms with Crippen LogP contribution < -0.4 is 0 Å². The Labute approximate surface area is 139 Å². The maximum atomic E-state index is 9.44. The maximum Gasteiger partial charge on any atom is 0.210 e. The fraction of sp³-hybridized carbons (Fsp3) is 0.500. The van der Waals surface area contributed by atoms with E-state index in [-0.39, 0.29) is 11.4 Å². The summed E-state index contributed by atoms with van der Waals surface area (Å²) in [6, 6.07) is 10.6. The van der Waals surface area contributed by atoms with E-state index in [9.17, 15) is 5.26 Å². The molecule has 1 aromatic carbocycles. The lowest BCUT2D eigenvalue weighted by Crippen LogP contribution is -2.17. The molecule has 3 rings (SSSR count). The quantitative estimate of drug-likeness (QED) is 0.757. The van der Waals surface area contributed by atoms with Crippen molar-refractivity contribution in [1.82, 2.24) is 20.2 Å². The first-order chi connectivity index (χ1) is 11.2. The van der Waals surface area contributed by atoms with Crippen molar-refractivity contribution < 1.29 is 4.74 Å². The van der Waals surface area contributed by atoms with Crippen molar-refractivity contribution >= 4 is 11.8 Å². The predicted octanol–water partition coefficient (Wildman–Crippen LogP) is 2.39. The molecule has 0 unspecified atom stereocenters. The van der Waals surface area contributed by atoms with E-state index in [0.29, 0.717) is 18.1 Å². The van der Waals surface area contributed by atoms with Gasteiger partial charge in [0.05, 0.1) is 18.7 Å². The second-order valence-corrected chi connectivity index (χ2v) is 6.87. The van der Waals surface area contributed by atoms with Crippen LogP contribution in [0, 0.1) is 18.3 Å². The van der Waals surface area contributed by atoms with Gasteiger partial charge in [0.1, 0.15) is 5.25 Å². The Balaban J connectivity index is 1.63. The van der Waals surface area contributed by atoms with Gasteiger partial charge in [0.2, 0.25) is 5.16 Å². The smallest absolute Gasteiger partial charge is 0.210 e. The molecule has 0 spiro atoms. The van der Waals surface area contributed by atoms with Gasteiger partial charge in [-0.05, 0) is 42.2 Å². The molecule has 7 heteroatoms. The summed E-state index contributed by atoms with van der Waals surface area (Å²) in [6.07, 6.45) is 2.97. The van der Waals surface area contributed by atoms with Gasteiger partial charge in [-0.25, -0.2) is 4.68 Å². The fourth-order valence-electron chi connectivity index (χ4n) is 2.56. The third-order valence-corrected chi connectivity index (χ3v) is 4.89. The second kappa shape index (κ2) is 7.57. The van der Waals surface area contributed by atoms with Gasteiger partial charge in [0.15, 0.2) is 0 Å². The van der Waals surface area contributed by atoms with Crippen molar-refractivity contribution in [3.05, 3.63) is 35.4 Å². The van der Waals surface area contributed by atoms with Crippen LogP contribution in [0.15, 0.2) is 29.4 Å². The van der Waals surface area contributed by atoms with E-state index in [2.05, 4.69) is 52.8 Å². The van der Waals surface area contributed by atoms with Gasteiger partial charge in [0, 0.05) is 6.61 Å². The van der Waals surface area contributed by atoms with Crippen molar-refractivity contribution in [2.45, 2.75) is 49.2 Å². The molecule has 2 atom stereocenters. The number of nitriles is 1. The Morgan fingerprint density at radius 2 is 2.26 bits per heavy atom. The highest BCUT2D eigenvalue weighted by atomic mass is 32.2. The van der Waals surface area contributed by atoms with Gasteiger partial charge >= 0.3 is 0 Å². The Hall–Kier alpha value is -1.91. The third-order valence-electron chi connectivity index (χ3n) is 3.83. The first-order valence-corrected chi connectivity index (χ1v) is 8.62. The Bertz CT molecular complexity index is 673. The van der Waals surface area contributed by atoms with Crippen LogP contribution in [0.2, 0.25) is 0 Å². The molecule has 120 valence electrons. The first-order valence-electron chi connectivity index (χ1n) is 7.74. The van der Waals surface area contributed by atoms with Gasteiger partial charge in [0.25, 0.3) is 0 Å². The van der Waals surface area contributed by atoms with Crippen molar-refractivity contribution in [3.8, 4) is 6.07 Å². The van der Waals surface area contributed by atoms with Crippen LogP contribution in [0.5, 0.6) is 0 Å². The first kappa shape index (κ1) is 16.0. The molecule has 0 N–H and O–H groups in total. The summed E-state index contributed by atoms with van der Waals surface area (Å²) in [4.78, 5) is 0. The largest absolute Gasteiger partial charge is 0.376 e. The van der Waals surface area contributed by atoms with Gasteiger partial charge in [-0.3, -0.25) is 0 Å². The number of hydrogen-bond donors (Lipinski definition) is 0. The molecular weight excluding hydrogens is 310 g/mol. The van der Waals surface area contributed by atoms with Crippen molar-refractivity contribution in [1.29, 1.82) is 5.26 Å². The average molecular weight is 329 g/mol. The maximum absolute atomic E-state index is 9.44. The zero-order valence-corrected chi connectivity index (χ0v) is 13.9. The van der Waals surface area contributed by atoms with E-state index in [1.54, 1.807) is 4.68 Å². The van der Waals surface area contributed by atoms with Crippen molar-refractivity contribution in [2.75, 3.05) is 6.61 Å². The van der Waals surface area contributed by atoms with Crippen LogP contribution in [0.1, 0.15) is 24.0 Å². The number of thioether (sulfide) groups is 1. The molecule has 0 aliphatic carbocycles. The Morgan fingerprint density at radius 1 is 1.43 bits per heavy atom. The highest BCUT2D eigenvalue weighted by Crippen LogP contribution is 2.24. The van der Waals surface area contributed by atoms with Crippen LogP contribution >= 0.6 is 11.8 Å². The third kappa shape index (κ3) is 4.30. The molecule has 23 heavy (non-hydrogen) atoms. The lowest BCUT2D eigenvalue weighted by atomic mass is 10.1. The minimum absolute atomic E-state index is 0.176. The van der Waals surface area contributed by atoms with E-state index in [0.717, 1.165) is 25.0 Å². The molecule has 2 heterocycles. The van der Waals surface area contributed by atoms with E-state index in [1.807, 2.05) is 0 Å². The highest BCUT2D eigenvalue weighted by Gasteiger charge is 2.21. The minimum atomic E-state index is -0.216. The van der Waals surface area contributed by atoms with Crippen molar-refractivity contribution in [2.24, 2.45) is 0 Å². The lowest BCUT2D eigenvalue weighted by molar-refractivity contribution is 0.0912. The number of benzene rings is 1. The lowest BCUT2D eigenvalue weighted by Gasteiger charge is -2.12. The summed E-state index contributed by atoms with van der Waals surface area (Å²) in [7, 11) is 0. The summed E-state index contributed by atoms with van der Waals surface area (Å²) >= 11 is 1.41. The number of ether oxygens (including phenoxy) is 1. The normalized spacial score (nSPS) is 18.7. The molecule has 0 radical (unpaired) electrons. The topological polar surface area (TPSA) is 76.6 Å². The van der Waals surface area contributed by atoms with Gasteiger partial charge in [-0.2, -0.15) is 5.26 Å². The number of aryl methyl sites for hydroxylation is 1. The molecule has 0 amide bonds. The molecule has 1 aliphatic rings.